The summed E-state index contributed by atoms with van der Waals surface area (Å²) in [6, 6.07) is 13.4. The van der Waals surface area contributed by atoms with Gasteiger partial charge in [-0.25, -0.2) is 26.3 Å². The topological polar surface area (TPSA) is 105 Å². The predicted molar refractivity (Wildman–Crippen MR) is 126 cm³/mol. The maximum Gasteiger partial charge on any atom is 0.249 e. The lowest BCUT2D eigenvalue weighted by molar-refractivity contribution is -0.133. The molecule has 1 aliphatic carbocycles. The van der Waals surface area contributed by atoms with Crippen LogP contribution in [0.3, 0.4) is 0 Å². The molecule has 1 aliphatic rings. The van der Waals surface area contributed by atoms with Gasteiger partial charge >= 0.3 is 0 Å². The molecule has 1 aromatic heterocycles. The molecule has 1 fully saturated rings. The molecule has 4 rings (SSSR count). The molecule has 3 aromatic rings. The summed E-state index contributed by atoms with van der Waals surface area (Å²) in [6.07, 6.45) is 1.59. The van der Waals surface area contributed by atoms with Gasteiger partial charge in [0, 0.05) is 36.8 Å². The molecule has 2 atom stereocenters. The van der Waals surface area contributed by atoms with Crippen LogP contribution in [0.2, 0.25) is 0 Å². The fraction of sp³-hybridized carbons (Fsp3) is 0.320. The fourth-order valence-electron chi connectivity index (χ4n) is 4.49. The van der Waals surface area contributed by atoms with Crippen molar-refractivity contribution >= 4 is 15.7 Å². The molecule has 0 saturated heterocycles. The summed E-state index contributed by atoms with van der Waals surface area (Å²) in [7, 11) is -3.44. The molecule has 11 heteroatoms. The summed E-state index contributed by atoms with van der Waals surface area (Å²) in [6.45, 7) is -0.308. The van der Waals surface area contributed by atoms with Crippen molar-refractivity contribution in [2.75, 3.05) is 12.8 Å². The minimum atomic E-state index is -3.44. The summed E-state index contributed by atoms with van der Waals surface area (Å²) >= 11 is 0. The number of benzene rings is 2. The van der Waals surface area contributed by atoms with Crippen LogP contribution in [-0.4, -0.2) is 42.8 Å². The highest BCUT2D eigenvalue weighted by molar-refractivity contribution is 7.90. The molecular weight excluding hydrogens is 493 g/mol. The monoisotopic (exact) mass is 516 g/mol. The minimum Gasteiger partial charge on any atom is -0.343 e. The molecule has 1 saturated carbocycles. The predicted octanol–water partition coefficient (Wildman–Crippen LogP) is 4.24. The number of amides is 1. The molecule has 7 nitrogen and oxygen atoms in total. The van der Waals surface area contributed by atoms with Crippen molar-refractivity contribution in [3.05, 3.63) is 66.2 Å². The fourth-order valence-corrected chi connectivity index (χ4v) is 5.12. The van der Waals surface area contributed by atoms with Gasteiger partial charge in [0.25, 0.3) is 0 Å². The zero-order chi connectivity index (χ0) is 26.1. The third kappa shape index (κ3) is 5.44. The van der Waals surface area contributed by atoms with Gasteiger partial charge in [0.15, 0.2) is 9.84 Å². The molecule has 36 heavy (non-hydrogen) atoms. The van der Waals surface area contributed by atoms with Gasteiger partial charge in [-0.3, -0.25) is 4.79 Å². The molecule has 1 heterocycles. The molecule has 0 spiro atoms. The first-order valence-electron chi connectivity index (χ1n) is 11.2. The smallest absolute Gasteiger partial charge is 0.249 e. The van der Waals surface area contributed by atoms with Crippen LogP contribution >= 0.6 is 0 Å². The van der Waals surface area contributed by atoms with Gasteiger partial charge in [-0.15, -0.1) is 0 Å². The first kappa shape index (κ1) is 25.4. The first-order valence-corrected chi connectivity index (χ1v) is 13.1. The number of aromatic nitrogens is 2. The van der Waals surface area contributed by atoms with Gasteiger partial charge in [-0.2, -0.15) is 10.4 Å². The Hall–Kier alpha value is -3.65. The molecule has 0 radical (unpaired) electrons. The zero-order valence-electron chi connectivity index (χ0n) is 19.3. The molecule has 2 aromatic carbocycles. The lowest BCUT2D eigenvalue weighted by Crippen LogP contribution is -2.41. The average Bonchev–Trinajstić information content (AvgIpc) is 3.27. The van der Waals surface area contributed by atoms with Crippen LogP contribution in [0.5, 0.6) is 0 Å². The van der Waals surface area contributed by atoms with Crippen molar-refractivity contribution in [3.8, 4) is 22.9 Å². The second-order valence-corrected chi connectivity index (χ2v) is 10.8. The Morgan fingerprint density at radius 3 is 2.47 bits per heavy atom. The van der Waals surface area contributed by atoms with E-state index in [4.69, 9.17) is 5.26 Å². The van der Waals surface area contributed by atoms with Gasteiger partial charge in [0.1, 0.15) is 12.4 Å². The average molecular weight is 517 g/mol. The Morgan fingerprint density at radius 2 is 1.86 bits per heavy atom. The van der Waals surface area contributed by atoms with Crippen LogP contribution in [0.25, 0.3) is 16.8 Å². The van der Waals surface area contributed by atoms with E-state index in [-0.39, 0.29) is 17.9 Å². The quantitative estimate of drug-likeness (QED) is 0.494. The summed E-state index contributed by atoms with van der Waals surface area (Å²) in [5.74, 6) is -5.95. The lowest BCUT2D eigenvalue weighted by Gasteiger charge is -2.34. The number of nitriles is 1. The van der Waals surface area contributed by atoms with Gasteiger partial charge in [-0.05, 0) is 48.4 Å². The Balaban J connectivity index is 1.83. The number of nitrogens with zero attached hydrogens (tertiary/aromatic N) is 3. The number of carbonyl (C=O) groups excluding carboxylic acids is 1. The molecule has 1 N–H and O–H groups in total. The van der Waals surface area contributed by atoms with E-state index in [9.17, 15) is 26.4 Å². The standard InChI is InChI=1S/C25H23F3N4O3S/c1-36(34,35)19-8-2-16(3-9-19)22-15-32(18-6-4-17(26)5-7-18)31-23(22)20-10-11-25(27,28)14-21(20)24(33)30-13-12-29/h2-9,15,20-21H,10-11,13-14H2,1H3,(H,30,33). The highest BCUT2D eigenvalue weighted by atomic mass is 32.2. The number of hydrogen-bond acceptors (Lipinski definition) is 5. The summed E-state index contributed by atoms with van der Waals surface area (Å²) in [5, 5.41) is 15.8. The summed E-state index contributed by atoms with van der Waals surface area (Å²) in [4.78, 5) is 12.9. The Kier molecular flexibility index (Phi) is 6.91. The van der Waals surface area contributed by atoms with Gasteiger partial charge in [0.2, 0.25) is 11.8 Å². The highest BCUT2D eigenvalue weighted by Crippen LogP contribution is 2.47. The Labute approximate surface area is 206 Å². The van der Waals surface area contributed by atoms with Crippen molar-refractivity contribution in [2.45, 2.75) is 36.0 Å². The highest BCUT2D eigenvalue weighted by Gasteiger charge is 2.46. The van der Waals surface area contributed by atoms with Crippen molar-refractivity contribution in [1.82, 2.24) is 15.1 Å². The zero-order valence-corrected chi connectivity index (χ0v) is 20.1. The van der Waals surface area contributed by atoms with E-state index in [0.717, 1.165) is 6.26 Å². The van der Waals surface area contributed by atoms with E-state index in [1.807, 2.05) is 0 Å². The molecule has 0 bridgehead atoms. The van der Waals surface area contributed by atoms with Crippen LogP contribution in [0.4, 0.5) is 13.2 Å². The SMILES string of the molecule is CS(=O)(=O)c1ccc(-c2cn(-c3ccc(F)cc3)nc2C2CCC(F)(F)CC2C(=O)NCC#N)cc1. The number of rotatable bonds is 6. The molecule has 0 aliphatic heterocycles. The van der Waals surface area contributed by atoms with Crippen molar-refractivity contribution in [2.24, 2.45) is 5.92 Å². The van der Waals surface area contributed by atoms with E-state index < -0.39 is 52.2 Å². The van der Waals surface area contributed by atoms with Crippen LogP contribution in [0.15, 0.2) is 59.6 Å². The first-order chi connectivity index (χ1) is 17.0. The summed E-state index contributed by atoms with van der Waals surface area (Å²) < 4.78 is 67.4. The van der Waals surface area contributed by atoms with E-state index >= 15 is 0 Å². The molecule has 188 valence electrons. The molecule has 2 unspecified atom stereocenters. The van der Waals surface area contributed by atoms with Crippen molar-refractivity contribution < 1.29 is 26.4 Å². The third-order valence-electron chi connectivity index (χ3n) is 6.28. The van der Waals surface area contributed by atoms with Gasteiger partial charge in [0.05, 0.1) is 28.3 Å². The number of alkyl halides is 2. The number of carbonyl (C=O) groups is 1. The van der Waals surface area contributed by atoms with Gasteiger partial charge < -0.3 is 5.32 Å². The van der Waals surface area contributed by atoms with Crippen LogP contribution in [0, 0.1) is 23.1 Å². The molecular formula is C25H23F3N4O3S. The van der Waals surface area contributed by atoms with E-state index in [2.05, 4.69) is 10.4 Å². The minimum absolute atomic E-state index is 0.0213. The Bertz CT molecular complexity index is 1410. The molecule has 1 amide bonds. The number of halogens is 3. The van der Waals surface area contributed by atoms with E-state index in [0.29, 0.717) is 22.5 Å². The van der Waals surface area contributed by atoms with Crippen LogP contribution in [-0.2, 0) is 14.6 Å². The third-order valence-corrected chi connectivity index (χ3v) is 7.41. The summed E-state index contributed by atoms with van der Waals surface area (Å²) in [5.41, 5.74) is 2.02. The van der Waals surface area contributed by atoms with Crippen LogP contribution < -0.4 is 5.32 Å². The normalized spacial score (nSPS) is 19.4. The number of nitrogens with one attached hydrogen (secondary N) is 1. The second-order valence-electron chi connectivity index (χ2n) is 8.83. The maximum absolute atomic E-state index is 14.4. The lowest BCUT2D eigenvalue weighted by atomic mass is 9.74. The Morgan fingerprint density at radius 1 is 1.19 bits per heavy atom. The number of sulfone groups is 1. The van der Waals surface area contributed by atoms with E-state index in [1.54, 1.807) is 24.4 Å². The maximum atomic E-state index is 14.4. The van der Waals surface area contributed by atoms with Crippen molar-refractivity contribution in [3.63, 3.8) is 0 Å². The number of hydrogen-bond donors (Lipinski definition) is 1. The van der Waals surface area contributed by atoms with Crippen LogP contribution in [0.1, 0.15) is 30.9 Å². The largest absolute Gasteiger partial charge is 0.343 e. The van der Waals surface area contributed by atoms with Gasteiger partial charge in [-0.1, -0.05) is 12.1 Å². The second kappa shape index (κ2) is 9.78. The van der Waals surface area contributed by atoms with Crippen molar-refractivity contribution in [1.29, 1.82) is 5.26 Å². The van der Waals surface area contributed by atoms with E-state index in [1.165, 1.54) is 41.1 Å².